The Kier molecular flexibility index (Phi) is 8.41. The van der Waals surface area contributed by atoms with Gasteiger partial charge in [0, 0.05) is 52.2 Å². The number of hydrogen-bond acceptors (Lipinski definition) is 4. The number of aromatic nitrogens is 1. The first kappa shape index (κ1) is 25.8. The minimum atomic E-state index is -0.975. The number of aryl methyl sites for hydroxylation is 2. The molecule has 34 heavy (non-hydrogen) atoms. The lowest BCUT2D eigenvalue weighted by molar-refractivity contribution is 0.0950. The second kappa shape index (κ2) is 11.1. The van der Waals surface area contributed by atoms with Crippen LogP contribution in [0.5, 0.6) is 0 Å². The number of benzene rings is 1. The summed E-state index contributed by atoms with van der Waals surface area (Å²) in [5, 5.41) is 14.5. The molecule has 1 aromatic carbocycles. The minimum absolute atomic E-state index is 0.00853. The molecule has 1 aliphatic carbocycles. The highest BCUT2D eigenvalue weighted by Gasteiger charge is 2.28. The Morgan fingerprint density at radius 1 is 1.15 bits per heavy atom. The Bertz CT molecular complexity index is 1120. The van der Waals surface area contributed by atoms with Gasteiger partial charge in [-0.05, 0) is 82.7 Å². The van der Waals surface area contributed by atoms with E-state index in [-0.39, 0.29) is 30.1 Å². The molecule has 184 valence electrons. The lowest BCUT2D eigenvalue weighted by atomic mass is 9.89. The SMILES string of the molecule is CCN(c1cc(Br)cc(C(=O)NCc2c(C)cc(C)[nH]c2=O)c1C)[C@H]1CC[C@H](NC(=O)O)CC1. The molecule has 1 heterocycles. The average molecular weight is 533 g/mol. The molecule has 0 aliphatic heterocycles. The third-order valence-electron chi connectivity index (χ3n) is 6.62. The molecule has 0 radical (unpaired) electrons. The molecule has 0 spiro atoms. The van der Waals surface area contributed by atoms with Crippen molar-refractivity contribution in [2.75, 3.05) is 11.4 Å². The van der Waals surface area contributed by atoms with Gasteiger partial charge in [-0.2, -0.15) is 0 Å². The highest BCUT2D eigenvalue weighted by Crippen LogP contribution is 2.33. The van der Waals surface area contributed by atoms with Crippen LogP contribution in [0.3, 0.4) is 0 Å². The summed E-state index contributed by atoms with van der Waals surface area (Å²) in [5.41, 5.74) is 4.42. The van der Waals surface area contributed by atoms with Crippen LogP contribution in [0.1, 0.15) is 65.3 Å². The summed E-state index contributed by atoms with van der Waals surface area (Å²) in [5.74, 6) is -0.232. The molecule has 1 fully saturated rings. The number of H-pyrrole nitrogens is 1. The first-order valence-corrected chi connectivity index (χ1v) is 12.4. The third kappa shape index (κ3) is 6.00. The van der Waals surface area contributed by atoms with E-state index >= 15 is 0 Å². The molecular weight excluding hydrogens is 500 g/mol. The van der Waals surface area contributed by atoms with Gasteiger partial charge in [0.2, 0.25) is 0 Å². The quantitative estimate of drug-likeness (QED) is 0.422. The Balaban J connectivity index is 1.79. The first-order chi connectivity index (χ1) is 16.1. The van der Waals surface area contributed by atoms with Crippen LogP contribution in [0.25, 0.3) is 0 Å². The maximum absolute atomic E-state index is 13.1. The number of pyridine rings is 1. The lowest BCUT2D eigenvalue weighted by Gasteiger charge is -2.39. The van der Waals surface area contributed by atoms with Crippen molar-refractivity contribution in [2.24, 2.45) is 0 Å². The Labute approximate surface area is 208 Å². The molecule has 1 aliphatic rings. The van der Waals surface area contributed by atoms with E-state index < -0.39 is 6.09 Å². The largest absolute Gasteiger partial charge is 0.465 e. The molecule has 0 saturated heterocycles. The van der Waals surface area contributed by atoms with Gasteiger partial charge in [0.05, 0.1) is 0 Å². The number of aromatic amines is 1. The number of nitrogens with one attached hydrogen (secondary N) is 3. The molecule has 9 heteroatoms. The monoisotopic (exact) mass is 532 g/mol. The predicted octanol–water partition coefficient (Wildman–Crippen LogP) is 4.40. The van der Waals surface area contributed by atoms with E-state index in [1.165, 1.54) is 0 Å². The van der Waals surface area contributed by atoms with Crippen LogP contribution in [0.15, 0.2) is 27.5 Å². The van der Waals surface area contributed by atoms with E-state index in [1.54, 1.807) is 0 Å². The van der Waals surface area contributed by atoms with Gasteiger partial charge in [0.15, 0.2) is 0 Å². The van der Waals surface area contributed by atoms with Crippen molar-refractivity contribution in [3.8, 4) is 0 Å². The average Bonchev–Trinajstić information content (AvgIpc) is 2.76. The number of nitrogens with zero attached hydrogens (tertiary/aromatic N) is 1. The van der Waals surface area contributed by atoms with E-state index in [9.17, 15) is 14.4 Å². The van der Waals surface area contributed by atoms with E-state index in [2.05, 4.69) is 43.4 Å². The van der Waals surface area contributed by atoms with Gasteiger partial charge in [-0.15, -0.1) is 0 Å². The van der Waals surface area contributed by atoms with Crippen LogP contribution >= 0.6 is 15.9 Å². The maximum Gasteiger partial charge on any atom is 0.404 e. The molecule has 2 aromatic rings. The molecule has 3 rings (SSSR count). The molecule has 2 amide bonds. The van der Waals surface area contributed by atoms with Crippen LogP contribution in [-0.2, 0) is 6.54 Å². The molecule has 0 unspecified atom stereocenters. The van der Waals surface area contributed by atoms with Gasteiger partial charge < -0.3 is 25.6 Å². The van der Waals surface area contributed by atoms with Gasteiger partial charge in [0.25, 0.3) is 11.5 Å². The highest BCUT2D eigenvalue weighted by molar-refractivity contribution is 9.10. The number of carbonyl (C=O) groups is 2. The zero-order chi connectivity index (χ0) is 25.0. The summed E-state index contributed by atoms with van der Waals surface area (Å²) in [6.07, 6.45) is 2.36. The molecule has 0 atom stereocenters. The number of carbonyl (C=O) groups excluding carboxylic acids is 1. The summed E-state index contributed by atoms with van der Waals surface area (Å²) in [6, 6.07) is 6.00. The summed E-state index contributed by atoms with van der Waals surface area (Å²) >= 11 is 3.56. The van der Waals surface area contributed by atoms with Gasteiger partial charge in [-0.3, -0.25) is 9.59 Å². The minimum Gasteiger partial charge on any atom is -0.465 e. The standard InChI is InChI=1S/C25H33BrN4O4/c1-5-30(19-8-6-18(7-9-19)29-25(33)34)22-12-17(26)11-20(16(22)4)23(31)27-13-21-14(2)10-15(3)28-24(21)32/h10-12,18-19,29H,5-9,13H2,1-4H3,(H,27,31)(H,28,32)(H,33,34)/t18-,19-. The molecule has 8 nitrogen and oxygen atoms in total. The summed E-state index contributed by atoms with van der Waals surface area (Å²) in [7, 11) is 0. The van der Waals surface area contributed by atoms with E-state index in [0.29, 0.717) is 11.1 Å². The second-order valence-corrected chi connectivity index (χ2v) is 9.88. The van der Waals surface area contributed by atoms with Crippen LogP contribution in [0.4, 0.5) is 10.5 Å². The zero-order valence-corrected chi connectivity index (χ0v) is 21.7. The highest BCUT2D eigenvalue weighted by atomic mass is 79.9. The fraction of sp³-hybridized carbons (Fsp3) is 0.480. The summed E-state index contributed by atoms with van der Waals surface area (Å²) in [4.78, 5) is 41.5. The fourth-order valence-corrected chi connectivity index (χ4v) is 5.34. The number of hydrogen-bond donors (Lipinski definition) is 4. The van der Waals surface area contributed by atoms with Crippen molar-refractivity contribution in [1.29, 1.82) is 0 Å². The van der Waals surface area contributed by atoms with Crippen molar-refractivity contribution >= 4 is 33.6 Å². The summed E-state index contributed by atoms with van der Waals surface area (Å²) in [6.45, 7) is 8.66. The molecule has 1 saturated carbocycles. The van der Waals surface area contributed by atoms with Gasteiger partial charge in [0.1, 0.15) is 0 Å². The second-order valence-electron chi connectivity index (χ2n) is 8.96. The van der Waals surface area contributed by atoms with Gasteiger partial charge in [-0.25, -0.2) is 4.79 Å². The Morgan fingerprint density at radius 3 is 2.41 bits per heavy atom. The van der Waals surface area contributed by atoms with E-state index in [4.69, 9.17) is 5.11 Å². The van der Waals surface area contributed by atoms with Crippen molar-refractivity contribution in [3.63, 3.8) is 0 Å². The molecular formula is C25H33BrN4O4. The predicted molar refractivity (Wildman–Crippen MR) is 137 cm³/mol. The number of anilines is 1. The number of halogens is 1. The van der Waals surface area contributed by atoms with Crippen LogP contribution in [-0.4, -0.2) is 40.7 Å². The summed E-state index contributed by atoms with van der Waals surface area (Å²) < 4.78 is 0.808. The number of amides is 2. The van der Waals surface area contributed by atoms with Crippen molar-refractivity contribution in [2.45, 2.75) is 72.0 Å². The van der Waals surface area contributed by atoms with E-state index in [0.717, 1.165) is 59.2 Å². The van der Waals surface area contributed by atoms with Crippen molar-refractivity contribution < 1.29 is 14.7 Å². The molecule has 0 bridgehead atoms. The Morgan fingerprint density at radius 2 is 1.82 bits per heavy atom. The van der Waals surface area contributed by atoms with Gasteiger partial charge >= 0.3 is 6.09 Å². The number of carboxylic acid groups (broad SMARTS) is 1. The van der Waals surface area contributed by atoms with E-state index in [1.807, 2.05) is 39.0 Å². The zero-order valence-electron chi connectivity index (χ0n) is 20.1. The van der Waals surface area contributed by atoms with Crippen LogP contribution in [0, 0.1) is 20.8 Å². The lowest BCUT2D eigenvalue weighted by Crippen LogP contribution is -2.44. The maximum atomic E-state index is 13.1. The van der Waals surface area contributed by atoms with Crippen LogP contribution in [0.2, 0.25) is 0 Å². The smallest absolute Gasteiger partial charge is 0.404 e. The van der Waals surface area contributed by atoms with Crippen molar-refractivity contribution in [1.82, 2.24) is 15.6 Å². The third-order valence-corrected chi connectivity index (χ3v) is 7.08. The normalized spacial score (nSPS) is 17.8. The Hall–Kier alpha value is -2.81. The topological polar surface area (TPSA) is 115 Å². The molecule has 4 N–H and O–H groups in total. The number of rotatable bonds is 7. The van der Waals surface area contributed by atoms with Gasteiger partial charge in [-0.1, -0.05) is 15.9 Å². The molecule has 1 aromatic heterocycles. The fourth-order valence-electron chi connectivity index (χ4n) is 4.90. The first-order valence-electron chi connectivity index (χ1n) is 11.6. The van der Waals surface area contributed by atoms with Crippen LogP contribution < -0.4 is 21.1 Å². The van der Waals surface area contributed by atoms with Crippen molar-refractivity contribution in [3.05, 3.63) is 61.0 Å².